The lowest BCUT2D eigenvalue weighted by atomic mass is 9.84. The van der Waals surface area contributed by atoms with Crippen molar-refractivity contribution in [2.75, 3.05) is 0 Å². The molecule has 5 nitrogen and oxygen atoms in total. The third-order valence-corrected chi connectivity index (χ3v) is 3.36. The molecule has 0 amide bonds. The highest BCUT2D eigenvalue weighted by Gasteiger charge is 2.31. The van der Waals surface area contributed by atoms with Crippen LogP contribution in [0.4, 0.5) is 0 Å². The van der Waals surface area contributed by atoms with Crippen molar-refractivity contribution >= 4 is 5.97 Å². The Hall–Kier alpha value is -1.75. The number of phenolic OH excluding ortho intramolecular Hbond substituents is 2. The van der Waals surface area contributed by atoms with E-state index in [4.69, 9.17) is 10.8 Å². The third kappa shape index (κ3) is 4.13. The highest BCUT2D eigenvalue weighted by atomic mass is 16.4. The molecule has 1 aromatic rings. The smallest absolute Gasteiger partial charge is 0.323 e. The number of hydrogen-bond donors (Lipinski definition) is 4. The van der Waals surface area contributed by atoms with Crippen LogP contribution in [0.3, 0.4) is 0 Å². The van der Waals surface area contributed by atoms with E-state index in [0.29, 0.717) is 18.4 Å². The minimum absolute atomic E-state index is 0.00324. The minimum Gasteiger partial charge on any atom is -0.508 e. The van der Waals surface area contributed by atoms with E-state index in [1.807, 2.05) is 6.92 Å². The summed E-state index contributed by atoms with van der Waals surface area (Å²) in [6, 6.07) is 4.42. The van der Waals surface area contributed by atoms with Gasteiger partial charge in [-0.05, 0) is 37.3 Å². The monoisotopic (exact) mass is 267 g/mol. The van der Waals surface area contributed by atoms with Crippen LogP contribution >= 0.6 is 0 Å². The van der Waals surface area contributed by atoms with E-state index in [2.05, 4.69) is 0 Å². The molecule has 0 radical (unpaired) electrons. The molecule has 2 unspecified atom stereocenters. The predicted molar refractivity (Wildman–Crippen MR) is 72.1 cm³/mol. The van der Waals surface area contributed by atoms with Crippen molar-refractivity contribution in [2.45, 2.75) is 38.6 Å². The van der Waals surface area contributed by atoms with E-state index in [9.17, 15) is 15.0 Å². The normalized spacial score (nSPS) is 15.7. The Morgan fingerprint density at radius 3 is 2.53 bits per heavy atom. The van der Waals surface area contributed by atoms with Crippen molar-refractivity contribution in [1.29, 1.82) is 0 Å². The molecule has 0 saturated heterocycles. The number of aliphatic carboxylic acids is 1. The summed E-state index contributed by atoms with van der Waals surface area (Å²) in [5.74, 6) is -0.946. The number of phenols is 2. The summed E-state index contributed by atoms with van der Waals surface area (Å²) in [7, 11) is 0. The van der Waals surface area contributed by atoms with Crippen molar-refractivity contribution in [3.8, 4) is 11.5 Å². The van der Waals surface area contributed by atoms with Crippen LogP contribution in [-0.4, -0.2) is 26.8 Å². The van der Waals surface area contributed by atoms with Crippen LogP contribution in [-0.2, 0) is 11.2 Å². The van der Waals surface area contributed by atoms with Gasteiger partial charge in [0.15, 0.2) is 0 Å². The van der Waals surface area contributed by atoms with Crippen LogP contribution in [0.2, 0.25) is 0 Å². The van der Waals surface area contributed by atoms with Gasteiger partial charge in [-0.1, -0.05) is 19.4 Å². The highest BCUT2D eigenvalue weighted by Crippen LogP contribution is 2.28. The number of aromatic hydroxyl groups is 2. The van der Waals surface area contributed by atoms with Crippen LogP contribution in [0.5, 0.6) is 11.5 Å². The van der Waals surface area contributed by atoms with E-state index >= 15 is 0 Å². The van der Waals surface area contributed by atoms with Gasteiger partial charge in [0.25, 0.3) is 0 Å². The van der Waals surface area contributed by atoms with E-state index in [1.54, 1.807) is 6.07 Å². The van der Waals surface area contributed by atoms with Crippen molar-refractivity contribution in [3.05, 3.63) is 23.8 Å². The zero-order chi connectivity index (χ0) is 14.6. The molecule has 0 spiro atoms. The molecule has 0 fully saturated rings. The molecule has 2 atom stereocenters. The number of carboxylic acids is 1. The fourth-order valence-corrected chi connectivity index (χ4v) is 2.08. The number of nitrogens with two attached hydrogens (primary N) is 1. The molecule has 0 aliphatic rings. The van der Waals surface area contributed by atoms with Gasteiger partial charge in [-0.15, -0.1) is 0 Å². The summed E-state index contributed by atoms with van der Waals surface area (Å²) in [5, 5.41) is 28.0. The van der Waals surface area contributed by atoms with Gasteiger partial charge in [0.05, 0.1) is 0 Å². The number of benzene rings is 1. The quantitative estimate of drug-likeness (QED) is 0.630. The molecule has 19 heavy (non-hydrogen) atoms. The molecule has 0 aromatic heterocycles. The molecule has 0 aliphatic carbocycles. The van der Waals surface area contributed by atoms with Crippen LogP contribution < -0.4 is 5.73 Å². The van der Waals surface area contributed by atoms with Crippen molar-refractivity contribution in [2.24, 2.45) is 11.7 Å². The largest absolute Gasteiger partial charge is 0.508 e. The van der Waals surface area contributed by atoms with Crippen molar-refractivity contribution in [1.82, 2.24) is 0 Å². The maximum Gasteiger partial charge on any atom is 0.323 e. The SMILES string of the molecule is CCC(Cc1ccc(O)cc1O)CC(C)(N)C(=O)O. The summed E-state index contributed by atoms with van der Waals surface area (Å²) in [6.07, 6.45) is 1.63. The lowest BCUT2D eigenvalue weighted by Gasteiger charge is -2.25. The van der Waals surface area contributed by atoms with E-state index in [-0.39, 0.29) is 17.4 Å². The van der Waals surface area contributed by atoms with Gasteiger partial charge >= 0.3 is 5.97 Å². The standard InChI is InChI=1S/C14H21NO4/c1-3-9(8-14(2,15)13(18)19)6-10-4-5-11(16)7-12(10)17/h4-5,7,9,16-17H,3,6,8,15H2,1-2H3,(H,18,19). The Morgan fingerprint density at radius 1 is 1.42 bits per heavy atom. The highest BCUT2D eigenvalue weighted by molar-refractivity contribution is 5.77. The number of hydrogen-bond acceptors (Lipinski definition) is 4. The molecule has 0 saturated carbocycles. The zero-order valence-electron chi connectivity index (χ0n) is 11.3. The van der Waals surface area contributed by atoms with Crippen LogP contribution in [0.25, 0.3) is 0 Å². The zero-order valence-corrected chi connectivity index (χ0v) is 11.3. The maximum atomic E-state index is 11.0. The number of carboxylic acid groups (broad SMARTS) is 1. The van der Waals surface area contributed by atoms with Crippen molar-refractivity contribution < 1.29 is 20.1 Å². The number of rotatable bonds is 6. The van der Waals surface area contributed by atoms with Gasteiger partial charge in [-0.3, -0.25) is 4.79 Å². The second-order valence-electron chi connectivity index (χ2n) is 5.22. The molecule has 1 aromatic carbocycles. The molecule has 0 bridgehead atoms. The number of carbonyl (C=O) groups is 1. The molecular formula is C14H21NO4. The van der Waals surface area contributed by atoms with Crippen LogP contribution in [0.15, 0.2) is 18.2 Å². The molecule has 0 aliphatic heterocycles. The van der Waals surface area contributed by atoms with Crippen LogP contribution in [0, 0.1) is 5.92 Å². The summed E-state index contributed by atoms with van der Waals surface area (Å²) >= 11 is 0. The fourth-order valence-electron chi connectivity index (χ4n) is 2.08. The van der Waals surface area contributed by atoms with Gasteiger partial charge in [-0.2, -0.15) is 0 Å². The van der Waals surface area contributed by atoms with E-state index < -0.39 is 11.5 Å². The summed E-state index contributed by atoms with van der Waals surface area (Å²) in [4.78, 5) is 11.0. The van der Waals surface area contributed by atoms with Gasteiger partial charge in [0, 0.05) is 6.07 Å². The average Bonchev–Trinajstić information content (AvgIpc) is 2.31. The summed E-state index contributed by atoms with van der Waals surface area (Å²) in [6.45, 7) is 3.45. The first-order valence-electron chi connectivity index (χ1n) is 6.29. The van der Waals surface area contributed by atoms with Gasteiger partial charge < -0.3 is 21.1 Å². The predicted octanol–water partition coefficient (Wildman–Crippen LogP) is 1.86. The average molecular weight is 267 g/mol. The Morgan fingerprint density at radius 2 is 2.05 bits per heavy atom. The van der Waals surface area contributed by atoms with Crippen LogP contribution in [0.1, 0.15) is 32.3 Å². The first-order chi connectivity index (χ1) is 8.76. The third-order valence-electron chi connectivity index (χ3n) is 3.36. The summed E-state index contributed by atoms with van der Waals surface area (Å²) < 4.78 is 0. The second-order valence-corrected chi connectivity index (χ2v) is 5.22. The topological polar surface area (TPSA) is 104 Å². The lowest BCUT2D eigenvalue weighted by molar-refractivity contribution is -0.143. The lowest BCUT2D eigenvalue weighted by Crippen LogP contribution is -2.46. The van der Waals surface area contributed by atoms with Gasteiger partial charge in [-0.25, -0.2) is 0 Å². The Bertz CT molecular complexity index is 457. The van der Waals surface area contributed by atoms with Gasteiger partial charge in [0.2, 0.25) is 0 Å². The molecule has 1 rings (SSSR count). The molecule has 106 valence electrons. The molecular weight excluding hydrogens is 246 g/mol. The summed E-state index contributed by atoms with van der Waals surface area (Å²) in [5.41, 5.74) is 5.17. The Labute approximate surface area is 112 Å². The molecule has 0 heterocycles. The first kappa shape index (κ1) is 15.3. The van der Waals surface area contributed by atoms with Gasteiger partial charge in [0.1, 0.15) is 17.0 Å². The minimum atomic E-state index is -1.27. The fraction of sp³-hybridized carbons (Fsp3) is 0.500. The Balaban J connectivity index is 2.80. The van der Waals surface area contributed by atoms with Crippen molar-refractivity contribution in [3.63, 3.8) is 0 Å². The maximum absolute atomic E-state index is 11.0. The molecule has 5 heteroatoms. The van der Waals surface area contributed by atoms with E-state index in [0.717, 1.165) is 6.42 Å². The second kappa shape index (κ2) is 5.93. The molecule has 5 N–H and O–H groups in total. The van der Waals surface area contributed by atoms with E-state index in [1.165, 1.54) is 19.1 Å². The Kier molecular flexibility index (Phi) is 4.78. The first-order valence-corrected chi connectivity index (χ1v) is 6.29.